The Hall–Kier alpha value is -3.24. The van der Waals surface area contributed by atoms with E-state index in [9.17, 15) is 33.4 Å². The first-order valence-corrected chi connectivity index (χ1v) is 5.82. The summed E-state index contributed by atoms with van der Waals surface area (Å²) < 4.78 is 43.2. The molecule has 120 valence electrons. The first-order chi connectivity index (χ1) is 10.7. The molecule has 0 saturated carbocycles. The Morgan fingerprint density at radius 3 is 2.04 bits per heavy atom. The van der Waals surface area contributed by atoms with Gasteiger partial charge < -0.3 is 4.74 Å². The van der Waals surface area contributed by atoms with Crippen molar-refractivity contribution in [3.63, 3.8) is 0 Å². The molecule has 0 aliphatic carbocycles. The molecule has 1 aromatic carbocycles. The molecule has 8 nitrogen and oxygen atoms in total. The third-order valence-corrected chi connectivity index (χ3v) is 2.62. The molecule has 0 radical (unpaired) electrons. The van der Waals surface area contributed by atoms with Crippen LogP contribution in [0.2, 0.25) is 0 Å². The predicted molar refractivity (Wildman–Crippen MR) is 69.1 cm³/mol. The van der Waals surface area contributed by atoms with Crippen LogP contribution >= 0.6 is 0 Å². The number of hydrogen-bond donors (Lipinski definition) is 0. The molecule has 0 spiro atoms. The van der Waals surface area contributed by atoms with Gasteiger partial charge in [-0.25, -0.2) is 0 Å². The maximum atomic E-state index is 12.7. The average molecular weight is 329 g/mol. The molecule has 0 fully saturated rings. The molecule has 0 saturated heterocycles. The zero-order valence-electron chi connectivity index (χ0n) is 11.0. The number of alkyl halides is 3. The van der Waals surface area contributed by atoms with Crippen molar-refractivity contribution in [3.8, 4) is 11.5 Å². The predicted octanol–water partition coefficient (Wildman–Crippen LogP) is 3.71. The second kappa shape index (κ2) is 5.87. The summed E-state index contributed by atoms with van der Waals surface area (Å²) in [6.45, 7) is 0. The Morgan fingerprint density at radius 1 is 1.09 bits per heavy atom. The minimum Gasteiger partial charge on any atom is -0.443 e. The molecule has 0 aliphatic heterocycles. The zero-order chi connectivity index (χ0) is 17.2. The third-order valence-electron chi connectivity index (χ3n) is 2.62. The van der Waals surface area contributed by atoms with Gasteiger partial charge >= 0.3 is 17.6 Å². The van der Waals surface area contributed by atoms with Gasteiger partial charge in [-0.05, 0) is 12.1 Å². The van der Waals surface area contributed by atoms with E-state index in [2.05, 4.69) is 4.98 Å². The fourth-order valence-corrected chi connectivity index (χ4v) is 1.66. The van der Waals surface area contributed by atoms with Crippen LogP contribution in [0.1, 0.15) is 5.56 Å². The van der Waals surface area contributed by atoms with Gasteiger partial charge in [-0.1, -0.05) is 0 Å². The molecule has 1 heterocycles. The molecule has 0 unspecified atom stereocenters. The molecule has 23 heavy (non-hydrogen) atoms. The summed E-state index contributed by atoms with van der Waals surface area (Å²) >= 11 is 0. The number of pyridine rings is 1. The summed E-state index contributed by atoms with van der Waals surface area (Å²) in [5.41, 5.74) is -3.86. The maximum absolute atomic E-state index is 12.7. The average Bonchev–Trinajstić information content (AvgIpc) is 2.46. The molecule has 0 bridgehead atoms. The summed E-state index contributed by atoms with van der Waals surface area (Å²) in [6, 6.07) is 3.03. The lowest BCUT2D eigenvalue weighted by atomic mass is 10.1. The highest BCUT2D eigenvalue weighted by atomic mass is 19.4. The van der Waals surface area contributed by atoms with Crippen LogP contribution in [0.3, 0.4) is 0 Å². The van der Waals surface area contributed by atoms with E-state index in [1.165, 1.54) is 18.3 Å². The molecular weight excluding hydrogens is 323 g/mol. The van der Waals surface area contributed by atoms with Gasteiger partial charge in [0.25, 0.3) is 5.75 Å². The molecule has 0 aliphatic rings. The monoisotopic (exact) mass is 329 g/mol. The second-order valence-electron chi connectivity index (χ2n) is 4.15. The van der Waals surface area contributed by atoms with Gasteiger partial charge in [0.1, 0.15) is 5.75 Å². The van der Waals surface area contributed by atoms with E-state index in [0.717, 1.165) is 6.20 Å². The highest BCUT2D eigenvalue weighted by Crippen LogP contribution is 2.44. The largest absolute Gasteiger partial charge is 0.443 e. The van der Waals surface area contributed by atoms with Crippen LogP contribution in [0.4, 0.5) is 24.5 Å². The highest BCUT2D eigenvalue weighted by molar-refractivity contribution is 5.63. The quantitative estimate of drug-likeness (QED) is 0.625. The van der Waals surface area contributed by atoms with E-state index in [4.69, 9.17) is 4.74 Å². The van der Waals surface area contributed by atoms with Gasteiger partial charge in [0.05, 0.1) is 21.6 Å². The number of aromatic nitrogens is 1. The van der Waals surface area contributed by atoms with Crippen LogP contribution in [0.25, 0.3) is 0 Å². The molecule has 1 aromatic heterocycles. The third kappa shape index (κ3) is 3.51. The number of benzene rings is 1. The van der Waals surface area contributed by atoms with Crippen LogP contribution in [-0.4, -0.2) is 14.8 Å². The Bertz CT molecular complexity index is 729. The normalized spacial score (nSPS) is 11.1. The maximum Gasteiger partial charge on any atom is 0.416 e. The van der Waals surface area contributed by atoms with Crippen LogP contribution in [0, 0.1) is 20.2 Å². The Balaban J connectivity index is 2.67. The van der Waals surface area contributed by atoms with Crippen molar-refractivity contribution in [3.05, 3.63) is 62.5 Å². The van der Waals surface area contributed by atoms with Gasteiger partial charge in [-0.3, -0.25) is 25.2 Å². The Morgan fingerprint density at radius 2 is 1.65 bits per heavy atom. The topological polar surface area (TPSA) is 108 Å². The summed E-state index contributed by atoms with van der Waals surface area (Å²) in [5, 5.41) is 22.0. The molecule has 0 atom stereocenters. The first kappa shape index (κ1) is 16.1. The van der Waals surface area contributed by atoms with Gasteiger partial charge in [0.15, 0.2) is 0 Å². The fourth-order valence-electron chi connectivity index (χ4n) is 1.66. The van der Waals surface area contributed by atoms with Gasteiger partial charge in [0, 0.05) is 18.3 Å². The number of hydrogen-bond acceptors (Lipinski definition) is 6. The summed E-state index contributed by atoms with van der Waals surface area (Å²) in [7, 11) is 0. The van der Waals surface area contributed by atoms with Crippen LogP contribution in [-0.2, 0) is 6.18 Å². The van der Waals surface area contributed by atoms with Crippen molar-refractivity contribution in [2.24, 2.45) is 0 Å². The fraction of sp³-hybridized carbons (Fsp3) is 0.0833. The molecule has 0 amide bonds. The van der Waals surface area contributed by atoms with Gasteiger partial charge in [-0.2, -0.15) is 13.2 Å². The van der Waals surface area contributed by atoms with Crippen molar-refractivity contribution >= 4 is 11.4 Å². The van der Waals surface area contributed by atoms with E-state index in [1.54, 1.807) is 0 Å². The van der Waals surface area contributed by atoms with Crippen molar-refractivity contribution < 1.29 is 27.8 Å². The summed E-state index contributed by atoms with van der Waals surface area (Å²) in [5.74, 6) is -1.00. The number of nitro benzene ring substituents is 2. The van der Waals surface area contributed by atoms with Gasteiger partial charge in [0.2, 0.25) is 0 Å². The van der Waals surface area contributed by atoms with Gasteiger partial charge in [-0.15, -0.1) is 0 Å². The number of ether oxygens (including phenoxy) is 1. The van der Waals surface area contributed by atoms with Crippen molar-refractivity contribution in [2.75, 3.05) is 0 Å². The van der Waals surface area contributed by atoms with Crippen molar-refractivity contribution in [1.29, 1.82) is 0 Å². The second-order valence-corrected chi connectivity index (χ2v) is 4.15. The Kier molecular flexibility index (Phi) is 4.12. The SMILES string of the molecule is O=[N+]([O-])c1cc(C(F)(F)F)cc([N+](=O)[O-])c1Oc1cccnc1. The standard InChI is InChI=1S/C12H6F3N3O5/c13-12(14,15)7-4-9(17(19)20)11(10(5-7)18(21)22)23-8-2-1-3-16-6-8/h1-6H. The summed E-state index contributed by atoms with van der Waals surface area (Å²) in [6.07, 6.45) is -2.53. The van der Waals surface area contributed by atoms with E-state index in [1.807, 2.05) is 0 Å². The van der Waals surface area contributed by atoms with Crippen molar-refractivity contribution in [1.82, 2.24) is 4.98 Å². The lowest BCUT2D eigenvalue weighted by Crippen LogP contribution is -2.08. The van der Waals surface area contributed by atoms with E-state index in [-0.39, 0.29) is 17.9 Å². The molecule has 0 N–H and O–H groups in total. The lowest BCUT2D eigenvalue weighted by Gasteiger charge is -2.10. The molecule has 2 aromatic rings. The lowest BCUT2D eigenvalue weighted by molar-refractivity contribution is -0.396. The van der Waals surface area contributed by atoms with E-state index in [0.29, 0.717) is 0 Å². The van der Waals surface area contributed by atoms with Crippen LogP contribution in [0.15, 0.2) is 36.7 Å². The summed E-state index contributed by atoms with van der Waals surface area (Å²) in [4.78, 5) is 23.2. The minimum atomic E-state index is -4.98. The first-order valence-electron chi connectivity index (χ1n) is 5.82. The number of nitro groups is 2. The number of nitrogens with zero attached hydrogens (tertiary/aromatic N) is 3. The molecule has 11 heteroatoms. The van der Waals surface area contributed by atoms with Crippen LogP contribution < -0.4 is 4.74 Å². The zero-order valence-corrected chi connectivity index (χ0v) is 11.0. The van der Waals surface area contributed by atoms with E-state index >= 15 is 0 Å². The van der Waals surface area contributed by atoms with Crippen molar-refractivity contribution in [2.45, 2.75) is 6.18 Å². The molecule has 2 rings (SSSR count). The minimum absolute atomic E-state index is 0.0986. The smallest absolute Gasteiger partial charge is 0.416 e. The molecular formula is C12H6F3N3O5. The number of halogens is 3. The van der Waals surface area contributed by atoms with E-state index < -0.39 is 38.7 Å². The highest BCUT2D eigenvalue weighted by Gasteiger charge is 2.38. The Labute approximate surface area is 125 Å². The van der Waals surface area contributed by atoms with Crippen LogP contribution in [0.5, 0.6) is 11.5 Å². The number of rotatable bonds is 4.